The Balaban J connectivity index is 1.26. The Bertz CT molecular complexity index is 858. The summed E-state index contributed by atoms with van der Waals surface area (Å²) in [4.78, 5) is 23.0. The number of likely N-dealkylation sites (tertiary alicyclic amines) is 1. The molecular formula is C22H30N6O2. The minimum absolute atomic E-state index is 0.265. The fourth-order valence-electron chi connectivity index (χ4n) is 4.11. The smallest absolute Gasteiger partial charge is 0.222 e. The number of guanidine groups is 1. The summed E-state index contributed by atoms with van der Waals surface area (Å²) >= 11 is 0. The van der Waals surface area contributed by atoms with E-state index in [0.717, 1.165) is 57.3 Å². The molecule has 1 amide bonds. The van der Waals surface area contributed by atoms with Crippen molar-refractivity contribution in [2.24, 2.45) is 4.99 Å². The van der Waals surface area contributed by atoms with Gasteiger partial charge in [-0.3, -0.25) is 14.7 Å². The monoisotopic (exact) mass is 410 g/mol. The molecule has 8 heteroatoms. The number of nitrogens with zero attached hydrogens (tertiary/aromatic N) is 5. The molecule has 30 heavy (non-hydrogen) atoms. The third kappa shape index (κ3) is 5.18. The van der Waals surface area contributed by atoms with Gasteiger partial charge in [0.25, 0.3) is 0 Å². The molecule has 1 aromatic carbocycles. The highest BCUT2D eigenvalue weighted by Gasteiger charge is 2.21. The maximum atomic E-state index is 11.9. The van der Waals surface area contributed by atoms with E-state index in [1.165, 1.54) is 11.1 Å². The summed E-state index contributed by atoms with van der Waals surface area (Å²) in [5, 5.41) is 7.49. The first-order valence-electron chi connectivity index (χ1n) is 10.6. The van der Waals surface area contributed by atoms with Crippen molar-refractivity contribution in [2.45, 2.75) is 32.5 Å². The van der Waals surface area contributed by atoms with Crippen molar-refractivity contribution in [3.8, 4) is 0 Å². The Kier molecular flexibility index (Phi) is 6.63. The second kappa shape index (κ2) is 9.75. The summed E-state index contributed by atoms with van der Waals surface area (Å²) in [7, 11) is 1.83. The topological polar surface area (TPSA) is 77.2 Å². The van der Waals surface area contributed by atoms with Crippen molar-refractivity contribution in [3.63, 3.8) is 0 Å². The second-order valence-corrected chi connectivity index (χ2v) is 7.89. The van der Waals surface area contributed by atoms with Crippen molar-refractivity contribution < 1.29 is 9.32 Å². The lowest BCUT2D eigenvalue weighted by atomic mass is 10.1. The number of carbonyl (C=O) groups is 1. The van der Waals surface area contributed by atoms with E-state index in [-0.39, 0.29) is 5.91 Å². The predicted octanol–water partition coefficient (Wildman–Crippen LogP) is 1.69. The van der Waals surface area contributed by atoms with Crippen molar-refractivity contribution in [2.75, 3.05) is 39.8 Å². The van der Waals surface area contributed by atoms with Crippen LogP contribution in [0.15, 0.2) is 46.1 Å². The van der Waals surface area contributed by atoms with E-state index in [1.807, 2.05) is 18.0 Å². The molecule has 4 rings (SSSR count). The number of aromatic nitrogens is 1. The minimum Gasteiger partial charge on any atom is -0.364 e. The van der Waals surface area contributed by atoms with Gasteiger partial charge in [-0.05, 0) is 17.5 Å². The van der Waals surface area contributed by atoms with Gasteiger partial charge in [0.05, 0.1) is 5.69 Å². The Morgan fingerprint density at radius 1 is 1.13 bits per heavy atom. The van der Waals surface area contributed by atoms with Crippen LogP contribution in [-0.2, 0) is 24.4 Å². The van der Waals surface area contributed by atoms with Crippen LogP contribution in [0.4, 0.5) is 0 Å². The standard InChI is InChI=1S/C22H30N6O2/c1-23-22(27-11-9-26(10-12-27)17-20-7-13-30-25-20)24-15-18-4-2-5-19(14-18)16-28-8-3-6-21(28)29/h2,4-5,7,13-14H,3,6,8-12,15-17H2,1H3,(H,23,24). The van der Waals surface area contributed by atoms with Crippen LogP contribution < -0.4 is 5.32 Å². The molecule has 160 valence electrons. The van der Waals surface area contributed by atoms with E-state index < -0.39 is 0 Å². The number of amides is 1. The van der Waals surface area contributed by atoms with E-state index >= 15 is 0 Å². The van der Waals surface area contributed by atoms with Crippen LogP contribution in [0.5, 0.6) is 0 Å². The number of piperazine rings is 1. The molecule has 2 aliphatic heterocycles. The Morgan fingerprint density at radius 2 is 1.97 bits per heavy atom. The summed E-state index contributed by atoms with van der Waals surface area (Å²) in [5.74, 6) is 1.19. The molecule has 0 radical (unpaired) electrons. The van der Waals surface area contributed by atoms with E-state index in [0.29, 0.717) is 19.5 Å². The number of carbonyl (C=O) groups excluding carboxylic acids is 1. The molecule has 0 aliphatic carbocycles. The molecule has 0 atom stereocenters. The highest BCUT2D eigenvalue weighted by atomic mass is 16.5. The van der Waals surface area contributed by atoms with Gasteiger partial charge in [0.1, 0.15) is 6.26 Å². The first-order chi connectivity index (χ1) is 14.7. The molecule has 2 aromatic rings. The fourth-order valence-corrected chi connectivity index (χ4v) is 4.11. The van der Waals surface area contributed by atoms with Gasteiger partial charge in [-0.2, -0.15) is 0 Å². The number of aliphatic imine (C=N–C) groups is 1. The zero-order valence-electron chi connectivity index (χ0n) is 17.6. The third-order valence-electron chi connectivity index (χ3n) is 5.75. The quantitative estimate of drug-likeness (QED) is 0.577. The molecule has 2 aliphatic rings. The van der Waals surface area contributed by atoms with Crippen molar-refractivity contribution in [1.82, 2.24) is 25.2 Å². The lowest BCUT2D eigenvalue weighted by Crippen LogP contribution is -2.52. The molecule has 0 unspecified atom stereocenters. The Labute approximate surface area is 177 Å². The molecule has 2 fully saturated rings. The summed E-state index contributed by atoms with van der Waals surface area (Å²) < 4.78 is 4.92. The van der Waals surface area contributed by atoms with Gasteiger partial charge in [0.15, 0.2) is 5.96 Å². The summed E-state index contributed by atoms with van der Waals surface area (Å²) in [6, 6.07) is 10.4. The average molecular weight is 411 g/mol. The van der Waals surface area contributed by atoms with Gasteiger partial charge < -0.3 is 19.6 Å². The van der Waals surface area contributed by atoms with Crippen LogP contribution in [0.1, 0.15) is 29.7 Å². The van der Waals surface area contributed by atoms with Crippen LogP contribution >= 0.6 is 0 Å². The maximum Gasteiger partial charge on any atom is 0.222 e. The van der Waals surface area contributed by atoms with Crippen LogP contribution in [0, 0.1) is 0 Å². The number of rotatable bonds is 6. The zero-order valence-corrected chi connectivity index (χ0v) is 17.6. The van der Waals surface area contributed by atoms with Gasteiger partial charge in [0, 0.05) is 71.9 Å². The highest BCUT2D eigenvalue weighted by Crippen LogP contribution is 2.15. The minimum atomic E-state index is 0.265. The lowest BCUT2D eigenvalue weighted by molar-refractivity contribution is -0.128. The zero-order chi connectivity index (χ0) is 20.8. The SMILES string of the molecule is CN=C(NCc1cccc(CN2CCCC2=O)c1)N1CCN(Cc2ccon2)CC1. The molecule has 3 heterocycles. The molecule has 0 spiro atoms. The van der Waals surface area contributed by atoms with Crippen LogP contribution in [0.2, 0.25) is 0 Å². The summed E-state index contributed by atoms with van der Waals surface area (Å²) in [6.45, 7) is 6.89. The van der Waals surface area contributed by atoms with E-state index in [9.17, 15) is 4.79 Å². The largest absolute Gasteiger partial charge is 0.364 e. The molecule has 1 aromatic heterocycles. The summed E-state index contributed by atoms with van der Waals surface area (Å²) in [6.07, 6.45) is 3.28. The predicted molar refractivity (Wildman–Crippen MR) is 115 cm³/mol. The number of nitrogens with one attached hydrogen (secondary N) is 1. The molecule has 0 bridgehead atoms. The molecule has 1 N–H and O–H groups in total. The van der Waals surface area contributed by atoms with E-state index in [4.69, 9.17) is 4.52 Å². The number of hydrogen-bond acceptors (Lipinski definition) is 5. The van der Waals surface area contributed by atoms with Crippen LogP contribution in [0.3, 0.4) is 0 Å². The van der Waals surface area contributed by atoms with Crippen molar-refractivity contribution in [1.29, 1.82) is 0 Å². The third-order valence-corrected chi connectivity index (χ3v) is 5.75. The van der Waals surface area contributed by atoms with Crippen molar-refractivity contribution >= 4 is 11.9 Å². The van der Waals surface area contributed by atoms with Crippen LogP contribution in [0.25, 0.3) is 0 Å². The van der Waals surface area contributed by atoms with E-state index in [2.05, 4.69) is 49.5 Å². The van der Waals surface area contributed by atoms with E-state index in [1.54, 1.807) is 6.26 Å². The maximum absolute atomic E-state index is 11.9. The van der Waals surface area contributed by atoms with Gasteiger partial charge in [0.2, 0.25) is 5.91 Å². The summed E-state index contributed by atoms with van der Waals surface area (Å²) in [5.41, 5.74) is 3.35. The van der Waals surface area contributed by atoms with Gasteiger partial charge in [-0.1, -0.05) is 29.4 Å². The van der Waals surface area contributed by atoms with Gasteiger partial charge in [-0.15, -0.1) is 0 Å². The second-order valence-electron chi connectivity index (χ2n) is 7.89. The molecular weight excluding hydrogens is 380 g/mol. The Morgan fingerprint density at radius 3 is 2.67 bits per heavy atom. The lowest BCUT2D eigenvalue weighted by Gasteiger charge is -2.36. The average Bonchev–Trinajstić information content (AvgIpc) is 3.42. The Hall–Kier alpha value is -2.87. The molecule has 2 saturated heterocycles. The molecule has 8 nitrogen and oxygen atoms in total. The van der Waals surface area contributed by atoms with Crippen LogP contribution in [-0.4, -0.2) is 71.5 Å². The first-order valence-corrected chi connectivity index (χ1v) is 10.6. The fraction of sp³-hybridized carbons (Fsp3) is 0.500. The first kappa shape index (κ1) is 20.4. The number of hydrogen-bond donors (Lipinski definition) is 1. The van der Waals surface area contributed by atoms with Gasteiger partial charge >= 0.3 is 0 Å². The number of benzene rings is 1. The molecule has 0 saturated carbocycles. The van der Waals surface area contributed by atoms with Gasteiger partial charge in [-0.25, -0.2) is 0 Å². The van der Waals surface area contributed by atoms with Crippen molar-refractivity contribution in [3.05, 3.63) is 53.4 Å². The normalized spacial score (nSPS) is 18.3. The highest BCUT2D eigenvalue weighted by molar-refractivity contribution is 5.80.